The Morgan fingerprint density at radius 2 is 2.08 bits per heavy atom. The number of nitrogens with zero attached hydrogens (tertiary/aromatic N) is 4. The van der Waals surface area contributed by atoms with Crippen molar-refractivity contribution in [1.29, 1.82) is 0 Å². The summed E-state index contributed by atoms with van der Waals surface area (Å²) < 4.78 is 1.84. The van der Waals surface area contributed by atoms with Crippen molar-refractivity contribution in [3.63, 3.8) is 0 Å². The second kappa shape index (κ2) is 8.15. The molecule has 1 aromatic rings. The predicted molar refractivity (Wildman–Crippen MR) is 95.7 cm³/mol. The molecule has 1 amide bonds. The first-order chi connectivity index (χ1) is 11.6. The summed E-state index contributed by atoms with van der Waals surface area (Å²) in [7, 11) is 3.92. The van der Waals surface area contributed by atoms with Gasteiger partial charge in [0.2, 0.25) is 5.91 Å². The van der Waals surface area contributed by atoms with Crippen LogP contribution in [0, 0.1) is 5.92 Å². The highest BCUT2D eigenvalue weighted by Gasteiger charge is 2.32. The number of hydrogen-bond donors (Lipinski definition) is 0. The fourth-order valence-electron chi connectivity index (χ4n) is 4.35. The molecule has 5 nitrogen and oxygen atoms in total. The number of likely N-dealkylation sites (tertiary alicyclic amines) is 1. The molecular formula is C19H32N4O. The first kappa shape index (κ1) is 17.5. The topological polar surface area (TPSA) is 41.4 Å². The van der Waals surface area contributed by atoms with Crippen molar-refractivity contribution >= 4 is 5.91 Å². The molecule has 0 unspecified atom stereocenters. The average molecular weight is 332 g/mol. The van der Waals surface area contributed by atoms with Gasteiger partial charge in [0.1, 0.15) is 0 Å². The smallest absolute Gasteiger partial charge is 0.226 e. The summed E-state index contributed by atoms with van der Waals surface area (Å²) in [6.45, 7) is 3.02. The lowest BCUT2D eigenvalue weighted by Crippen LogP contribution is -2.47. The van der Waals surface area contributed by atoms with Gasteiger partial charge in [0.25, 0.3) is 0 Å². The van der Waals surface area contributed by atoms with Crippen LogP contribution in [0.5, 0.6) is 0 Å². The van der Waals surface area contributed by atoms with Crippen molar-refractivity contribution in [2.24, 2.45) is 13.0 Å². The Labute approximate surface area is 146 Å². The van der Waals surface area contributed by atoms with Gasteiger partial charge in [-0.05, 0) is 50.6 Å². The third kappa shape index (κ3) is 4.38. The molecule has 5 heteroatoms. The number of amides is 1. The molecule has 1 aliphatic heterocycles. The lowest BCUT2D eigenvalue weighted by Gasteiger charge is -2.37. The van der Waals surface area contributed by atoms with E-state index in [9.17, 15) is 4.79 Å². The van der Waals surface area contributed by atoms with Crippen LogP contribution in [0.15, 0.2) is 12.4 Å². The summed E-state index contributed by atoms with van der Waals surface area (Å²) in [4.78, 5) is 17.3. The zero-order valence-corrected chi connectivity index (χ0v) is 15.3. The number of aryl methyl sites for hydroxylation is 2. The maximum absolute atomic E-state index is 12.8. The van der Waals surface area contributed by atoms with Crippen LogP contribution in [0.4, 0.5) is 0 Å². The van der Waals surface area contributed by atoms with Crippen molar-refractivity contribution in [1.82, 2.24) is 19.6 Å². The van der Waals surface area contributed by atoms with E-state index in [0.717, 1.165) is 38.4 Å². The third-order valence-corrected chi connectivity index (χ3v) is 5.74. The Morgan fingerprint density at radius 3 is 2.79 bits per heavy atom. The van der Waals surface area contributed by atoms with E-state index in [0.29, 0.717) is 5.91 Å². The molecule has 3 rings (SSSR count). The quantitative estimate of drug-likeness (QED) is 0.803. The van der Waals surface area contributed by atoms with Gasteiger partial charge >= 0.3 is 0 Å². The molecule has 2 heterocycles. The third-order valence-electron chi connectivity index (χ3n) is 5.74. The van der Waals surface area contributed by atoms with Crippen molar-refractivity contribution in [2.75, 3.05) is 26.7 Å². The molecule has 1 saturated heterocycles. The van der Waals surface area contributed by atoms with E-state index in [1.165, 1.54) is 44.2 Å². The van der Waals surface area contributed by atoms with E-state index in [1.807, 2.05) is 29.9 Å². The fraction of sp³-hybridized carbons (Fsp3) is 0.789. The second-order valence-electron chi connectivity index (χ2n) is 7.66. The molecule has 0 bridgehead atoms. The first-order valence-electron chi connectivity index (χ1n) is 9.60. The standard InChI is InChI=1S/C19H32N4O/c1-21(11-5-7-16-13-20-22(2)14-16)19(24)17-8-6-12-23(15-17)18-9-3-4-10-18/h13-14,17-18H,3-12,15H2,1-2H3/t17-/m1/s1. The van der Waals surface area contributed by atoms with Crippen LogP contribution in [0.25, 0.3) is 0 Å². The number of aromatic nitrogens is 2. The largest absolute Gasteiger partial charge is 0.345 e. The van der Waals surface area contributed by atoms with Crippen LogP contribution in [0.2, 0.25) is 0 Å². The van der Waals surface area contributed by atoms with E-state index < -0.39 is 0 Å². The van der Waals surface area contributed by atoms with E-state index in [-0.39, 0.29) is 5.92 Å². The SMILES string of the molecule is CN(CCCc1cnn(C)c1)C(=O)[C@@H]1CCCN(C2CCCC2)C1. The van der Waals surface area contributed by atoms with E-state index in [1.54, 1.807) is 0 Å². The van der Waals surface area contributed by atoms with Gasteiger partial charge in [0, 0.05) is 39.4 Å². The van der Waals surface area contributed by atoms with Crippen LogP contribution in [0.3, 0.4) is 0 Å². The normalized spacial score (nSPS) is 22.8. The van der Waals surface area contributed by atoms with E-state index in [2.05, 4.69) is 16.2 Å². The van der Waals surface area contributed by atoms with Crippen LogP contribution in [-0.4, -0.2) is 58.2 Å². The maximum Gasteiger partial charge on any atom is 0.226 e. The maximum atomic E-state index is 12.8. The van der Waals surface area contributed by atoms with Crippen molar-refractivity contribution in [3.8, 4) is 0 Å². The summed E-state index contributed by atoms with van der Waals surface area (Å²) in [6.07, 6.45) is 13.6. The summed E-state index contributed by atoms with van der Waals surface area (Å²) in [6, 6.07) is 0.747. The van der Waals surface area contributed by atoms with E-state index in [4.69, 9.17) is 0 Å². The molecule has 1 aliphatic carbocycles. The molecule has 24 heavy (non-hydrogen) atoms. The van der Waals surface area contributed by atoms with Gasteiger partial charge in [-0.1, -0.05) is 12.8 Å². The number of hydrogen-bond acceptors (Lipinski definition) is 3. The van der Waals surface area contributed by atoms with Crippen LogP contribution in [0.1, 0.15) is 50.5 Å². The molecular weight excluding hydrogens is 300 g/mol. The zero-order valence-electron chi connectivity index (χ0n) is 15.3. The highest BCUT2D eigenvalue weighted by atomic mass is 16.2. The van der Waals surface area contributed by atoms with Gasteiger partial charge < -0.3 is 4.90 Å². The number of carbonyl (C=O) groups excluding carboxylic acids is 1. The van der Waals surface area contributed by atoms with Gasteiger partial charge in [-0.15, -0.1) is 0 Å². The molecule has 2 fully saturated rings. The summed E-state index contributed by atoms with van der Waals surface area (Å²) >= 11 is 0. The molecule has 1 aromatic heterocycles. The molecule has 0 radical (unpaired) electrons. The summed E-state index contributed by atoms with van der Waals surface area (Å²) in [5, 5.41) is 4.20. The van der Waals surface area contributed by atoms with Gasteiger partial charge in [0.15, 0.2) is 0 Å². The molecule has 0 spiro atoms. The highest BCUT2D eigenvalue weighted by Crippen LogP contribution is 2.28. The van der Waals surface area contributed by atoms with Gasteiger partial charge in [-0.25, -0.2) is 0 Å². The Kier molecular flexibility index (Phi) is 5.93. The van der Waals surface area contributed by atoms with Crippen LogP contribution in [-0.2, 0) is 18.3 Å². The Morgan fingerprint density at radius 1 is 1.29 bits per heavy atom. The monoisotopic (exact) mass is 332 g/mol. The van der Waals surface area contributed by atoms with Crippen LogP contribution < -0.4 is 0 Å². The Hall–Kier alpha value is -1.36. The zero-order chi connectivity index (χ0) is 16.9. The first-order valence-corrected chi connectivity index (χ1v) is 9.60. The Balaban J connectivity index is 1.43. The molecule has 1 saturated carbocycles. The minimum absolute atomic E-state index is 0.211. The van der Waals surface area contributed by atoms with Crippen molar-refractivity contribution in [3.05, 3.63) is 18.0 Å². The minimum atomic E-state index is 0.211. The van der Waals surface area contributed by atoms with Gasteiger partial charge in [-0.2, -0.15) is 5.10 Å². The lowest BCUT2D eigenvalue weighted by atomic mass is 9.95. The predicted octanol–water partition coefficient (Wildman–Crippen LogP) is 2.47. The molecule has 0 N–H and O–H groups in total. The van der Waals surface area contributed by atoms with Gasteiger partial charge in [-0.3, -0.25) is 14.4 Å². The van der Waals surface area contributed by atoms with Crippen molar-refractivity contribution in [2.45, 2.75) is 57.4 Å². The fourth-order valence-corrected chi connectivity index (χ4v) is 4.35. The Bertz CT molecular complexity index is 535. The minimum Gasteiger partial charge on any atom is -0.345 e. The molecule has 134 valence electrons. The second-order valence-corrected chi connectivity index (χ2v) is 7.66. The number of rotatable bonds is 6. The van der Waals surface area contributed by atoms with E-state index >= 15 is 0 Å². The van der Waals surface area contributed by atoms with Gasteiger partial charge in [0.05, 0.1) is 12.1 Å². The van der Waals surface area contributed by atoms with Crippen molar-refractivity contribution < 1.29 is 4.79 Å². The number of carbonyl (C=O) groups is 1. The summed E-state index contributed by atoms with van der Waals surface area (Å²) in [5.74, 6) is 0.562. The van der Waals surface area contributed by atoms with Crippen LogP contribution >= 0.6 is 0 Å². The number of piperidine rings is 1. The molecule has 2 aliphatic rings. The highest BCUT2D eigenvalue weighted by molar-refractivity contribution is 5.78. The average Bonchev–Trinajstić information content (AvgIpc) is 3.26. The molecule has 1 atom stereocenters. The lowest BCUT2D eigenvalue weighted by molar-refractivity contribution is -0.136. The molecule has 0 aromatic carbocycles. The summed E-state index contributed by atoms with van der Waals surface area (Å²) in [5.41, 5.74) is 1.25.